The van der Waals surface area contributed by atoms with Gasteiger partial charge in [0.1, 0.15) is 0 Å². The van der Waals surface area contributed by atoms with E-state index >= 15 is 0 Å². The van der Waals surface area contributed by atoms with Crippen LogP contribution < -0.4 is 6.15 Å². The molecule has 0 aliphatic heterocycles. The normalized spacial score (nSPS) is 10.1. The Bertz CT molecular complexity index is 527. The van der Waals surface area contributed by atoms with Gasteiger partial charge >= 0.3 is 0 Å². The van der Waals surface area contributed by atoms with E-state index in [0.29, 0.717) is 0 Å². The van der Waals surface area contributed by atoms with E-state index in [4.69, 9.17) is 0 Å². The van der Waals surface area contributed by atoms with E-state index in [-0.39, 0.29) is 12.1 Å². The van der Waals surface area contributed by atoms with Crippen molar-refractivity contribution in [2.24, 2.45) is 0 Å². The van der Waals surface area contributed by atoms with Crippen LogP contribution in [0.4, 0.5) is 0 Å². The van der Waals surface area contributed by atoms with Gasteiger partial charge in [0.2, 0.25) is 0 Å². The van der Waals surface area contributed by atoms with Crippen molar-refractivity contribution >= 4 is 0 Å². The maximum Gasteiger partial charge on any atom is 0.0341 e. The Morgan fingerprint density at radius 3 is 1.40 bits per heavy atom. The Balaban J connectivity index is 0.00000147. The Morgan fingerprint density at radius 1 is 0.550 bits per heavy atom. The molecule has 0 aliphatic carbocycles. The van der Waals surface area contributed by atoms with Crippen LogP contribution in [-0.2, 0) is 0 Å². The summed E-state index contributed by atoms with van der Waals surface area (Å²) in [6.07, 6.45) is 3.71. The van der Waals surface area contributed by atoms with Gasteiger partial charge in [-0.25, -0.2) is 0 Å². The van der Waals surface area contributed by atoms with Crippen LogP contribution in [0.5, 0.6) is 0 Å². The zero-order valence-corrected chi connectivity index (χ0v) is 11.3. The predicted octanol–water partition coefficient (Wildman–Crippen LogP) is 4.42. The zero-order valence-electron chi connectivity index (χ0n) is 11.3. The number of pyridine rings is 1. The molecule has 0 bridgehead atoms. The van der Waals surface area contributed by atoms with E-state index in [9.17, 15) is 0 Å². The van der Waals surface area contributed by atoms with Gasteiger partial charge in [-0.05, 0) is 28.8 Å². The van der Waals surface area contributed by atoms with Gasteiger partial charge in [0.25, 0.3) is 0 Å². The van der Waals surface area contributed by atoms with Gasteiger partial charge in [0.05, 0.1) is 0 Å². The number of benzene rings is 2. The van der Waals surface area contributed by atoms with E-state index in [0.717, 1.165) is 0 Å². The number of rotatable bonds is 3. The minimum absolute atomic E-state index is 0. The van der Waals surface area contributed by atoms with Crippen LogP contribution >= 0.6 is 0 Å². The monoisotopic (exact) mass is 262 g/mol. The first-order valence-corrected chi connectivity index (χ1v) is 6.45. The molecule has 0 amide bonds. The molecule has 1 heterocycles. The summed E-state index contributed by atoms with van der Waals surface area (Å²) in [6, 6.07) is 25.4. The first-order chi connectivity index (χ1) is 9.45. The molecule has 0 saturated carbocycles. The van der Waals surface area contributed by atoms with E-state index in [1.165, 1.54) is 16.7 Å². The lowest BCUT2D eigenvalue weighted by Gasteiger charge is -2.18. The lowest BCUT2D eigenvalue weighted by atomic mass is 9.86. The smallest absolute Gasteiger partial charge is 0.0341 e. The average molecular weight is 262 g/mol. The fourth-order valence-corrected chi connectivity index (χ4v) is 2.42. The summed E-state index contributed by atoms with van der Waals surface area (Å²) < 4.78 is 0. The molecule has 0 fully saturated rings. The molecule has 0 aliphatic rings. The van der Waals surface area contributed by atoms with Crippen molar-refractivity contribution in [1.82, 2.24) is 11.1 Å². The van der Waals surface area contributed by atoms with Crippen LogP contribution in [0.3, 0.4) is 0 Å². The first kappa shape index (κ1) is 14.0. The lowest BCUT2D eigenvalue weighted by molar-refractivity contribution is 0.971. The maximum absolute atomic E-state index is 4.12. The van der Waals surface area contributed by atoms with Crippen molar-refractivity contribution in [3.8, 4) is 0 Å². The molecule has 0 unspecified atom stereocenters. The van der Waals surface area contributed by atoms with Crippen molar-refractivity contribution in [2.75, 3.05) is 0 Å². The molecule has 100 valence electrons. The van der Waals surface area contributed by atoms with Gasteiger partial charge in [-0.1, -0.05) is 60.7 Å². The lowest BCUT2D eigenvalue weighted by Crippen LogP contribution is -2.03. The number of hydrogen-bond donors (Lipinski definition) is 1. The molecule has 0 atom stereocenters. The molecule has 3 rings (SSSR count). The van der Waals surface area contributed by atoms with Gasteiger partial charge in [-0.2, -0.15) is 0 Å². The molecule has 3 aromatic rings. The molecule has 2 heteroatoms. The molecular weight excluding hydrogens is 244 g/mol. The Kier molecular flexibility index (Phi) is 4.64. The van der Waals surface area contributed by atoms with E-state index in [2.05, 4.69) is 77.8 Å². The van der Waals surface area contributed by atoms with Gasteiger partial charge in [0, 0.05) is 18.3 Å². The zero-order chi connectivity index (χ0) is 12.9. The van der Waals surface area contributed by atoms with Crippen LogP contribution in [0.15, 0.2) is 85.2 Å². The highest BCUT2D eigenvalue weighted by Gasteiger charge is 2.15. The third kappa shape index (κ3) is 2.92. The van der Waals surface area contributed by atoms with Gasteiger partial charge in [-0.15, -0.1) is 0 Å². The van der Waals surface area contributed by atoms with Crippen LogP contribution in [0.1, 0.15) is 22.6 Å². The number of aromatic nitrogens is 1. The quantitative estimate of drug-likeness (QED) is 0.759. The second kappa shape index (κ2) is 6.64. The molecule has 1 aromatic heterocycles. The number of nitrogens with zero attached hydrogens (tertiary/aromatic N) is 1. The fraction of sp³-hybridized carbons (Fsp3) is 0.0556. The molecule has 3 N–H and O–H groups in total. The second-order valence-corrected chi connectivity index (χ2v) is 4.53. The summed E-state index contributed by atoms with van der Waals surface area (Å²) in [5.74, 6) is 0.269. The Labute approximate surface area is 119 Å². The molecular formula is C18H18N2. The van der Waals surface area contributed by atoms with Crippen LogP contribution in [0.25, 0.3) is 0 Å². The largest absolute Gasteiger partial charge is 0.344 e. The first-order valence-electron chi connectivity index (χ1n) is 6.45. The summed E-state index contributed by atoms with van der Waals surface area (Å²) in [4.78, 5) is 4.12. The highest BCUT2D eigenvalue weighted by atomic mass is 14.6. The van der Waals surface area contributed by atoms with Crippen molar-refractivity contribution in [1.29, 1.82) is 0 Å². The third-order valence-corrected chi connectivity index (χ3v) is 3.31. The highest BCUT2D eigenvalue weighted by Crippen LogP contribution is 2.31. The van der Waals surface area contributed by atoms with Gasteiger partial charge < -0.3 is 6.15 Å². The fourth-order valence-electron chi connectivity index (χ4n) is 2.42. The van der Waals surface area contributed by atoms with E-state index < -0.39 is 0 Å². The van der Waals surface area contributed by atoms with Crippen molar-refractivity contribution in [2.45, 2.75) is 5.92 Å². The topological polar surface area (TPSA) is 47.9 Å². The predicted molar refractivity (Wildman–Crippen MR) is 83.1 cm³/mol. The second-order valence-electron chi connectivity index (χ2n) is 4.53. The maximum atomic E-state index is 4.12. The Hall–Kier alpha value is -2.45. The van der Waals surface area contributed by atoms with Crippen LogP contribution in [0.2, 0.25) is 0 Å². The van der Waals surface area contributed by atoms with E-state index in [1.54, 1.807) is 0 Å². The van der Waals surface area contributed by atoms with Crippen molar-refractivity contribution in [3.05, 3.63) is 102 Å². The standard InChI is InChI=1S/C18H15N.H3N/c1-3-7-15(8-4-1)18(16-9-5-2-6-10-16)17-11-13-19-14-12-17;/h1-14,18H;1H3. The van der Waals surface area contributed by atoms with E-state index in [1.807, 2.05) is 12.4 Å². The minimum atomic E-state index is 0. The summed E-state index contributed by atoms with van der Waals surface area (Å²) >= 11 is 0. The summed E-state index contributed by atoms with van der Waals surface area (Å²) in [5, 5.41) is 0. The summed E-state index contributed by atoms with van der Waals surface area (Å²) in [5.41, 5.74) is 3.88. The Morgan fingerprint density at radius 2 is 0.950 bits per heavy atom. The molecule has 2 nitrogen and oxygen atoms in total. The molecule has 0 spiro atoms. The third-order valence-electron chi connectivity index (χ3n) is 3.31. The van der Waals surface area contributed by atoms with Crippen LogP contribution in [-0.4, -0.2) is 4.98 Å². The van der Waals surface area contributed by atoms with Crippen molar-refractivity contribution < 1.29 is 0 Å². The van der Waals surface area contributed by atoms with Gasteiger partial charge in [0.15, 0.2) is 0 Å². The summed E-state index contributed by atoms with van der Waals surface area (Å²) in [6.45, 7) is 0. The average Bonchev–Trinajstić information content (AvgIpc) is 2.51. The van der Waals surface area contributed by atoms with Crippen LogP contribution in [0, 0.1) is 0 Å². The molecule has 2 aromatic carbocycles. The minimum Gasteiger partial charge on any atom is -0.344 e. The van der Waals surface area contributed by atoms with Crippen molar-refractivity contribution in [3.63, 3.8) is 0 Å². The molecule has 0 saturated heterocycles. The number of hydrogen-bond acceptors (Lipinski definition) is 2. The highest BCUT2D eigenvalue weighted by molar-refractivity contribution is 5.42. The SMILES string of the molecule is N.c1ccc(C(c2ccccc2)c2ccncc2)cc1. The molecule has 0 radical (unpaired) electrons. The summed E-state index contributed by atoms with van der Waals surface area (Å²) in [7, 11) is 0. The van der Waals surface area contributed by atoms with Gasteiger partial charge in [-0.3, -0.25) is 4.98 Å². The molecule has 20 heavy (non-hydrogen) atoms.